The zero-order chi connectivity index (χ0) is 11.3. The lowest BCUT2D eigenvalue weighted by atomic mass is 9.84. The summed E-state index contributed by atoms with van der Waals surface area (Å²) in [6, 6.07) is 10.0. The van der Waals surface area contributed by atoms with Gasteiger partial charge < -0.3 is 4.74 Å². The third kappa shape index (κ3) is 3.24. The van der Waals surface area contributed by atoms with Crippen molar-refractivity contribution >= 4 is 5.97 Å². The first kappa shape index (κ1) is 11.5. The number of carbonyl (C=O) groups is 1. The van der Waals surface area contributed by atoms with Crippen molar-refractivity contribution in [3.8, 4) is 0 Å². The van der Waals surface area contributed by atoms with Gasteiger partial charge in [-0.3, -0.25) is 0 Å². The lowest BCUT2D eigenvalue weighted by molar-refractivity contribution is -0.134. The maximum absolute atomic E-state index is 11.0. The van der Waals surface area contributed by atoms with Crippen molar-refractivity contribution in [2.75, 3.05) is 7.11 Å². The molecule has 0 atom stereocenters. The van der Waals surface area contributed by atoms with Gasteiger partial charge in [0.1, 0.15) is 0 Å². The maximum atomic E-state index is 11.0. The van der Waals surface area contributed by atoms with Gasteiger partial charge in [0, 0.05) is 11.5 Å². The summed E-state index contributed by atoms with van der Waals surface area (Å²) in [4.78, 5) is 11.0. The van der Waals surface area contributed by atoms with Gasteiger partial charge in [-0.15, -0.1) is 0 Å². The van der Waals surface area contributed by atoms with E-state index in [2.05, 4.69) is 18.6 Å². The molecule has 0 aromatic heterocycles. The minimum absolute atomic E-state index is 0.157. The minimum atomic E-state index is -0.320. The molecule has 0 radical (unpaired) electrons. The largest absolute Gasteiger partial charge is 0.466 e. The predicted octanol–water partition coefficient (Wildman–Crippen LogP) is 2.69. The van der Waals surface area contributed by atoms with Crippen molar-refractivity contribution in [3.05, 3.63) is 48.0 Å². The molecule has 1 rings (SSSR count). The summed E-state index contributed by atoms with van der Waals surface area (Å²) in [7, 11) is 1.38. The highest BCUT2D eigenvalue weighted by Gasteiger charge is 2.16. The Bertz CT molecular complexity index is 350. The molecule has 80 valence electrons. The molecule has 0 aliphatic heterocycles. The fourth-order valence-electron chi connectivity index (χ4n) is 1.31. The summed E-state index contributed by atoms with van der Waals surface area (Å²) < 4.78 is 4.56. The van der Waals surface area contributed by atoms with Crippen LogP contribution in [-0.4, -0.2) is 13.1 Å². The molecule has 1 aromatic carbocycles. The average Bonchev–Trinajstić information content (AvgIpc) is 2.27. The Labute approximate surface area is 90.6 Å². The minimum Gasteiger partial charge on any atom is -0.466 e. The van der Waals surface area contributed by atoms with Gasteiger partial charge in [-0.05, 0) is 5.56 Å². The second kappa shape index (κ2) is 4.78. The number of methoxy groups -OCH3 is 1. The first-order chi connectivity index (χ1) is 7.06. The average molecular weight is 204 g/mol. The summed E-state index contributed by atoms with van der Waals surface area (Å²) in [5, 5.41) is 0. The Balaban J connectivity index is 2.84. The Morgan fingerprint density at radius 2 is 1.87 bits per heavy atom. The lowest BCUT2D eigenvalue weighted by Gasteiger charge is -2.20. The van der Waals surface area contributed by atoms with Gasteiger partial charge >= 0.3 is 5.97 Å². The van der Waals surface area contributed by atoms with E-state index in [0.29, 0.717) is 0 Å². The van der Waals surface area contributed by atoms with Crippen molar-refractivity contribution < 1.29 is 9.53 Å². The predicted molar refractivity (Wildman–Crippen MR) is 60.6 cm³/mol. The number of rotatable bonds is 3. The van der Waals surface area contributed by atoms with Crippen molar-refractivity contribution in [1.29, 1.82) is 0 Å². The third-order valence-electron chi connectivity index (χ3n) is 2.36. The van der Waals surface area contributed by atoms with Crippen LogP contribution < -0.4 is 0 Å². The Morgan fingerprint density at radius 3 is 2.40 bits per heavy atom. The van der Waals surface area contributed by atoms with Gasteiger partial charge in [-0.1, -0.05) is 50.3 Å². The van der Waals surface area contributed by atoms with E-state index in [1.54, 1.807) is 0 Å². The Kier molecular flexibility index (Phi) is 3.67. The molecule has 0 amide bonds. The Morgan fingerprint density at radius 1 is 1.27 bits per heavy atom. The summed E-state index contributed by atoms with van der Waals surface area (Å²) >= 11 is 0. The highest BCUT2D eigenvalue weighted by atomic mass is 16.5. The van der Waals surface area contributed by atoms with Gasteiger partial charge in [-0.25, -0.2) is 4.79 Å². The molecular formula is C13H16O2. The smallest absolute Gasteiger partial charge is 0.330 e. The summed E-state index contributed by atoms with van der Waals surface area (Å²) in [6.07, 6.45) is 3.32. The van der Waals surface area contributed by atoms with Crippen LogP contribution in [0.5, 0.6) is 0 Å². The highest BCUT2D eigenvalue weighted by Crippen LogP contribution is 2.24. The molecule has 0 saturated carbocycles. The van der Waals surface area contributed by atoms with Crippen LogP contribution in [0.3, 0.4) is 0 Å². The molecule has 15 heavy (non-hydrogen) atoms. The SMILES string of the molecule is COC(=O)C=CC(C)(C)c1ccccc1. The normalized spacial score (nSPS) is 11.7. The Hall–Kier alpha value is -1.57. The molecule has 0 spiro atoms. The second-order valence-electron chi connectivity index (χ2n) is 3.94. The van der Waals surface area contributed by atoms with Crippen LogP contribution in [0.4, 0.5) is 0 Å². The van der Waals surface area contributed by atoms with Crippen LogP contribution in [0.1, 0.15) is 19.4 Å². The van der Waals surface area contributed by atoms with E-state index in [4.69, 9.17) is 0 Å². The molecule has 0 N–H and O–H groups in total. The fourth-order valence-corrected chi connectivity index (χ4v) is 1.31. The van der Waals surface area contributed by atoms with Gasteiger partial charge in [0.25, 0.3) is 0 Å². The van der Waals surface area contributed by atoms with E-state index >= 15 is 0 Å². The number of benzene rings is 1. The molecule has 0 bridgehead atoms. The number of hydrogen-bond donors (Lipinski definition) is 0. The number of allylic oxidation sites excluding steroid dienone is 1. The molecule has 2 nitrogen and oxygen atoms in total. The number of carbonyl (C=O) groups excluding carboxylic acids is 1. The van der Waals surface area contributed by atoms with E-state index in [9.17, 15) is 4.79 Å². The van der Waals surface area contributed by atoms with Crippen LogP contribution >= 0.6 is 0 Å². The summed E-state index contributed by atoms with van der Waals surface area (Å²) in [5.41, 5.74) is 1.01. The van der Waals surface area contributed by atoms with E-state index < -0.39 is 0 Å². The molecule has 0 saturated heterocycles. The van der Waals surface area contributed by atoms with E-state index in [0.717, 1.165) is 0 Å². The van der Waals surface area contributed by atoms with Gasteiger partial charge in [0.2, 0.25) is 0 Å². The van der Waals surface area contributed by atoms with E-state index in [1.807, 2.05) is 36.4 Å². The van der Waals surface area contributed by atoms with Gasteiger partial charge in [-0.2, -0.15) is 0 Å². The second-order valence-corrected chi connectivity index (χ2v) is 3.94. The number of hydrogen-bond acceptors (Lipinski definition) is 2. The zero-order valence-electron chi connectivity index (χ0n) is 9.36. The van der Waals surface area contributed by atoms with Crippen molar-refractivity contribution in [2.45, 2.75) is 19.3 Å². The summed E-state index contributed by atoms with van der Waals surface area (Å²) in [6.45, 7) is 4.11. The van der Waals surface area contributed by atoms with E-state index in [-0.39, 0.29) is 11.4 Å². The van der Waals surface area contributed by atoms with Crippen LogP contribution in [0.2, 0.25) is 0 Å². The summed E-state index contributed by atoms with van der Waals surface area (Å²) in [5.74, 6) is -0.320. The molecule has 0 aliphatic carbocycles. The lowest BCUT2D eigenvalue weighted by Crippen LogP contribution is -2.14. The molecular weight excluding hydrogens is 188 g/mol. The van der Waals surface area contributed by atoms with Gasteiger partial charge in [0.05, 0.1) is 7.11 Å². The van der Waals surface area contributed by atoms with Crippen molar-refractivity contribution in [2.24, 2.45) is 0 Å². The standard InChI is InChI=1S/C13H16O2/c1-13(2,10-9-12(14)15-3)11-7-5-4-6-8-11/h4-10H,1-3H3. The molecule has 0 unspecified atom stereocenters. The van der Waals surface area contributed by atoms with E-state index in [1.165, 1.54) is 18.7 Å². The van der Waals surface area contributed by atoms with Crippen LogP contribution in [0.25, 0.3) is 0 Å². The monoisotopic (exact) mass is 204 g/mol. The molecule has 0 fully saturated rings. The quantitative estimate of drug-likeness (QED) is 0.559. The molecule has 1 aromatic rings. The van der Waals surface area contributed by atoms with Crippen LogP contribution in [-0.2, 0) is 14.9 Å². The number of esters is 1. The fraction of sp³-hybridized carbons (Fsp3) is 0.308. The first-order valence-electron chi connectivity index (χ1n) is 4.89. The van der Waals surface area contributed by atoms with Crippen molar-refractivity contribution in [3.63, 3.8) is 0 Å². The highest BCUT2D eigenvalue weighted by molar-refractivity contribution is 5.82. The molecule has 0 heterocycles. The van der Waals surface area contributed by atoms with Crippen LogP contribution in [0.15, 0.2) is 42.5 Å². The number of ether oxygens (including phenoxy) is 1. The van der Waals surface area contributed by atoms with Crippen molar-refractivity contribution in [1.82, 2.24) is 0 Å². The first-order valence-corrected chi connectivity index (χ1v) is 4.89. The molecule has 2 heteroatoms. The zero-order valence-corrected chi connectivity index (χ0v) is 9.36. The maximum Gasteiger partial charge on any atom is 0.330 e. The third-order valence-corrected chi connectivity index (χ3v) is 2.36. The topological polar surface area (TPSA) is 26.3 Å². The molecule has 0 aliphatic rings. The van der Waals surface area contributed by atoms with Crippen LogP contribution in [0, 0.1) is 0 Å². The van der Waals surface area contributed by atoms with Gasteiger partial charge in [0.15, 0.2) is 0 Å².